The molecule has 3 unspecified atom stereocenters. The van der Waals surface area contributed by atoms with E-state index in [1.54, 1.807) is 6.92 Å². The van der Waals surface area contributed by atoms with Crippen molar-refractivity contribution in [2.45, 2.75) is 128 Å². The van der Waals surface area contributed by atoms with Crippen LogP contribution in [-0.4, -0.2) is 117 Å². The van der Waals surface area contributed by atoms with Gasteiger partial charge >= 0.3 is 24.0 Å². The van der Waals surface area contributed by atoms with E-state index in [9.17, 15) is 37.7 Å². The molecule has 1 amide bonds. The molecule has 0 aliphatic carbocycles. The number of non-ortho nitro benzene ring substituents is 1. The lowest BCUT2D eigenvalue weighted by Gasteiger charge is -2.44. The number of ether oxygens (including phenoxy) is 7. The van der Waals surface area contributed by atoms with Crippen LogP contribution < -0.4 is 5.32 Å². The van der Waals surface area contributed by atoms with Crippen LogP contribution in [0.1, 0.15) is 79.2 Å². The van der Waals surface area contributed by atoms with Gasteiger partial charge in [0.2, 0.25) is 10.0 Å². The number of alkyl carbamates (subject to hydrolysis) is 1. The first-order valence-corrected chi connectivity index (χ1v) is 22.1. The van der Waals surface area contributed by atoms with Crippen molar-refractivity contribution in [1.29, 1.82) is 0 Å². The van der Waals surface area contributed by atoms with Crippen molar-refractivity contribution in [2.24, 2.45) is 11.8 Å². The van der Waals surface area contributed by atoms with Gasteiger partial charge in [-0.3, -0.25) is 24.5 Å². The maximum Gasteiger partial charge on any atom is 0.407 e. The van der Waals surface area contributed by atoms with E-state index in [4.69, 9.17) is 33.2 Å². The van der Waals surface area contributed by atoms with Gasteiger partial charge in [-0.15, -0.1) is 0 Å². The molecule has 2 aromatic rings. The van der Waals surface area contributed by atoms with Crippen molar-refractivity contribution < 1.29 is 65.7 Å². The monoisotopic (exact) mass is 877 g/mol. The van der Waals surface area contributed by atoms with Gasteiger partial charge in [0.05, 0.1) is 35.6 Å². The summed E-state index contributed by atoms with van der Waals surface area (Å²) in [5, 5.41) is 14.2. The summed E-state index contributed by atoms with van der Waals surface area (Å²) >= 11 is 0. The van der Waals surface area contributed by atoms with Gasteiger partial charge < -0.3 is 38.5 Å². The molecule has 0 bridgehead atoms. The summed E-state index contributed by atoms with van der Waals surface area (Å²) in [6, 6.07) is 12.6. The Morgan fingerprint density at radius 2 is 1.62 bits per heavy atom. The highest BCUT2D eigenvalue weighted by Crippen LogP contribution is 2.33. The number of unbranched alkanes of at least 4 members (excludes halogenated alkanes) is 1. The Kier molecular flexibility index (Phi) is 18.9. The van der Waals surface area contributed by atoms with E-state index >= 15 is 0 Å². The SMILES string of the molecule is CCC1OC(OCCCCC(=O)O[C@H](CN(CC(C)C)S(=O)(=O)c2ccc([N+](=O)[O-])cc2)[C@H](Cc2ccccc2)NC(=O)O[C@H]2CCOC2)C(C)[C@@H](OC(C)=O)[C@@H]1OC(C)=O. The van der Waals surface area contributed by atoms with Crippen molar-refractivity contribution in [3.05, 3.63) is 70.3 Å². The number of sulfonamides is 1. The zero-order valence-electron chi connectivity index (χ0n) is 35.6. The Hall–Kier alpha value is -4.69. The molecule has 2 aliphatic heterocycles. The summed E-state index contributed by atoms with van der Waals surface area (Å²) in [5.41, 5.74) is 0.485. The molecule has 8 atom stereocenters. The van der Waals surface area contributed by atoms with Gasteiger partial charge in [0.1, 0.15) is 24.4 Å². The fourth-order valence-corrected chi connectivity index (χ4v) is 8.77. The first kappa shape index (κ1) is 49.0. The average molecular weight is 878 g/mol. The zero-order valence-corrected chi connectivity index (χ0v) is 36.4. The molecule has 1 N–H and O–H groups in total. The van der Waals surface area contributed by atoms with Gasteiger partial charge in [-0.2, -0.15) is 4.31 Å². The largest absolute Gasteiger partial charge is 0.459 e. The smallest absolute Gasteiger partial charge is 0.407 e. The third-order valence-corrected chi connectivity index (χ3v) is 12.0. The fourth-order valence-electron chi connectivity index (χ4n) is 7.16. The van der Waals surface area contributed by atoms with Crippen LogP contribution in [0.25, 0.3) is 0 Å². The van der Waals surface area contributed by atoms with E-state index in [2.05, 4.69) is 5.32 Å². The lowest BCUT2D eigenvalue weighted by atomic mass is 9.90. The molecule has 2 fully saturated rings. The molecule has 0 saturated carbocycles. The first-order valence-electron chi connectivity index (χ1n) is 20.6. The van der Waals surface area contributed by atoms with E-state index in [-0.39, 0.29) is 55.6 Å². The van der Waals surface area contributed by atoms with Crippen molar-refractivity contribution >= 4 is 39.7 Å². The summed E-state index contributed by atoms with van der Waals surface area (Å²) in [4.78, 5) is 61.4. The minimum atomic E-state index is -4.31. The van der Waals surface area contributed by atoms with E-state index in [1.165, 1.54) is 13.8 Å². The van der Waals surface area contributed by atoms with Gasteiger partial charge in [-0.25, -0.2) is 13.2 Å². The van der Waals surface area contributed by atoms with E-state index in [1.807, 2.05) is 51.1 Å². The van der Waals surface area contributed by atoms with Crippen LogP contribution in [-0.2, 0) is 64.0 Å². The number of rotatable bonds is 22. The summed E-state index contributed by atoms with van der Waals surface area (Å²) < 4.78 is 69.8. The van der Waals surface area contributed by atoms with Crippen molar-refractivity contribution in [3.8, 4) is 0 Å². The van der Waals surface area contributed by atoms with Gasteiger partial charge in [-0.05, 0) is 49.3 Å². The van der Waals surface area contributed by atoms with Gasteiger partial charge in [-0.1, -0.05) is 58.0 Å². The maximum absolute atomic E-state index is 14.2. The lowest BCUT2D eigenvalue weighted by Crippen LogP contribution is -2.57. The Morgan fingerprint density at radius 3 is 2.21 bits per heavy atom. The molecule has 0 aromatic heterocycles. The molecule has 2 saturated heterocycles. The molecular formula is C42H59N3O15S. The Balaban J connectivity index is 1.53. The lowest BCUT2D eigenvalue weighted by molar-refractivity contribution is -0.384. The second kappa shape index (κ2) is 23.5. The normalized spacial score (nSPS) is 22.6. The molecule has 2 aliphatic rings. The summed E-state index contributed by atoms with van der Waals surface area (Å²) in [6.45, 7) is 10.2. The molecule has 0 radical (unpaired) electrons. The second-order valence-corrected chi connectivity index (χ2v) is 17.6. The maximum atomic E-state index is 14.2. The van der Waals surface area contributed by atoms with E-state index < -0.39 is 87.7 Å². The molecule has 19 heteroatoms. The second-order valence-electron chi connectivity index (χ2n) is 15.6. The summed E-state index contributed by atoms with van der Waals surface area (Å²) in [7, 11) is -4.31. The highest BCUT2D eigenvalue weighted by molar-refractivity contribution is 7.89. The quantitative estimate of drug-likeness (QED) is 0.0534. The van der Waals surface area contributed by atoms with Crippen molar-refractivity contribution in [1.82, 2.24) is 9.62 Å². The first-order chi connectivity index (χ1) is 29.0. The molecule has 61 heavy (non-hydrogen) atoms. The number of hydrogen-bond donors (Lipinski definition) is 1. The highest BCUT2D eigenvalue weighted by atomic mass is 32.2. The fraction of sp³-hybridized carbons (Fsp3) is 0.619. The molecule has 2 heterocycles. The Labute approximate surface area is 357 Å². The topological polar surface area (TPSA) is 225 Å². The number of amides is 1. The van der Waals surface area contributed by atoms with Crippen LogP contribution in [0.4, 0.5) is 10.5 Å². The molecule has 4 rings (SSSR count). The number of nitrogens with one attached hydrogen (secondary N) is 1. The van der Waals surface area contributed by atoms with Crippen LogP contribution in [0.3, 0.4) is 0 Å². The minimum Gasteiger partial charge on any atom is -0.459 e. The average Bonchev–Trinajstić information content (AvgIpc) is 3.72. The number of nitrogens with zero attached hydrogens (tertiary/aromatic N) is 2. The Bertz CT molecular complexity index is 1860. The molecule has 18 nitrogen and oxygen atoms in total. The summed E-state index contributed by atoms with van der Waals surface area (Å²) in [5.74, 6) is -2.44. The van der Waals surface area contributed by atoms with Crippen LogP contribution in [0, 0.1) is 22.0 Å². The molecular weight excluding hydrogens is 819 g/mol. The predicted octanol–water partition coefficient (Wildman–Crippen LogP) is 5.10. The number of benzene rings is 2. The number of nitro groups is 1. The minimum absolute atomic E-state index is 0.00683. The van der Waals surface area contributed by atoms with E-state index in [0.717, 1.165) is 34.1 Å². The van der Waals surface area contributed by atoms with Crippen molar-refractivity contribution in [3.63, 3.8) is 0 Å². The zero-order chi connectivity index (χ0) is 44.7. The number of carbonyl (C=O) groups is 4. The van der Waals surface area contributed by atoms with Gasteiger partial charge in [0, 0.05) is 57.9 Å². The predicted molar refractivity (Wildman–Crippen MR) is 218 cm³/mol. The van der Waals surface area contributed by atoms with Crippen LogP contribution in [0.15, 0.2) is 59.5 Å². The highest BCUT2D eigenvalue weighted by Gasteiger charge is 2.47. The number of hydrogen-bond acceptors (Lipinski definition) is 15. The third kappa shape index (κ3) is 15.0. The van der Waals surface area contributed by atoms with Crippen LogP contribution >= 0.6 is 0 Å². The van der Waals surface area contributed by atoms with Crippen LogP contribution in [0.2, 0.25) is 0 Å². The number of carbonyl (C=O) groups excluding carboxylic acids is 4. The molecule has 0 spiro atoms. The van der Waals surface area contributed by atoms with Crippen LogP contribution in [0.5, 0.6) is 0 Å². The Morgan fingerprint density at radius 1 is 0.951 bits per heavy atom. The number of esters is 3. The van der Waals surface area contributed by atoms with Gasteiger partial charge in [0.25, 0.3) is 5.69 Å². The summed E-state index contributed by atoms with van der Waals surface area (Å²) in [6.07, 6.45) is -3.85. The third-order valence-electron chi connectivity index (χ3n) is 10.1. The number of nitro benzene ring substituents is 1. The van der Waals surface area contributed by atoms with E-state index in [0.29, 0.717) is 32.3 Å². The van der Waals surface area contributed by atoms with Crippen molar-refractivity contribution in [2.75, 3.05) is 32.9 Å². The molecule has 2 aromatic carbocycles. The molecule has 338 valence electrons. The van der Waals surface area contributed by atoms with Gasteiger partial charge in [0.15, 0.2) is 12.4 Å². The standard InChI is InChI=1S/C42H59N3O15S/c1-7-36-40(57-30(6)47)39(56-29(5)46)28(4)41(60-36)55-21-12-11-15-38(48)59-37(25-44(24-27(2)3)61(52,53)34-18-16-32(17-19-34)45(50)51)35(23-31-13-9-8-10-14-31)43-42(49)58-33-20-22-54-26-33/h8-10,13-14,16-19,27-28,33,35-37,39-41H,7,11-12,15,20-26H2,1-6H3,(H,43,49)/t28?,33-,35-,36?,37+,39+,40+,41?/m0/s1.